The molecule has 4 aromatic rings. The standard InChI is InChI=1S/C21H20BrClN4O2/c1-4-27-20-15(11-24-27)18-13(9-12(2)10-14(18)21(28)26(20)3)7-8-29-16-5-6-17(23)25-19(16)22/h5-6,9-11H,4,7-8H2,1-3H3. The average molecular weight is 476 g/mol. The first-order valence-corrected chi connectivity index (χ1v) is 10.5. The number of rotatable bonds is 5. The number of hydrogen-bond donors (Lipinski definition) is 0. The largest absolute Gasteiger partial charge is 0.490 e. The van der Waals surface area contributed by atoms with Crippen molar-refractivity contribution in [1.82, 2.24) is 19.3 Å². The Hall–Kier alpha value is -2.38. The molecule has 0 unspecified atom stereocenters. The summed E-state index contributed by atoms with van der Waals surface area (Å²) in [5.41, 5.74) is 2.93. The molecule has 0 radical (unpaired) electrons. The molecule has 1 aromatic carbocycles. The number of aromatic nitrogens is 4. The molecule has 0 N–H and O–H groups in total. The molecular formula is C21H20BrClN4O2. The second-order valence-corrected chi connectivity index (χ2v) is 8.07. The second-order valence-electron chi connectivity index (χ2n) is 6.93. The van der Waals surface area contributed by atoms with Crippen molar-refractivity contribution < 1.29 is 4.74 Å². The second kappa shape index (κ2) is 7.80. The quantitative estimate of drug-likeness (QED) is 0.394. The lowest BCUT2D eigenvalue weighted by atomic mass is 9.98. The van der Waals surface area contributed by atoms with Gasteiger partial charge in [-0.25, -0.2) is 9.67 Å². The van der Waals surface area contributed by atoms with Crippen LogP contribution >= 0.6 is 27.5 Å². The number of ether oxygens (including phenoxy) is 1. The summed E-state index contributed by atoms with van der Waals surface area (Å²) >= 11 is 9.26. The van der Waals surface area contributed by atoms with Gasteiger partial charge in [-0.05, 0) is 53.5 Å². The van der Waals surface area contributed by atoms with Gasteiger partial charge in [0.1, 0.15) is 15.4 Å². The van der Waals surface area contributed by atoms with E-state index in [4.69, 9.17) is 16.3 Å². The van der Waals surface area contributed by atoms with Gasteiger partial charge < -0.3 is 4.74 Å². The summed E-state index contributed by atoms with van der Waals surface area (Å²) in [6, 6.07) is 7.54. The number of pyridine rings is 2. The maximum absolute atomic E-state index is 13.0. The van der Waals surface area contributed by atoms with Crippen LogP contribution < -0.4 is 10.3 Å². The van der Waals surface area contributed by atoms with Gasteiger partial charge in [-0.15, -0.1) is 0 Å². The Bertz CT molecular complexity index is 1300. The van der Waals surface area contributed by atoms with Crippen LogP contribution in [0.2, 0.25) is 5.15 Å². The Kier molecular flexibility index (Phi) is 5.36. The molecule has 0 aliphatic heterocycles. The molecule has 150 valence electrons. The maximum Gasteiger partial charge on any atom is 0.259 e. The lowest BCUT2D eigenvalue weighted by Gasteiger charge is -2.13. The molecule has 3 heterocycles. The first kappa shape index (κ1) is 19.9. The number of aryl methyl sites for hydroxylation is 3. The topological polar surface area (TPSA) is 61.9 Å². The highest BCUT2D eigenvalue weighted by atomic mass is 79.9. The first-order chi connectivity index (χ1) is 13.9. The summed E-state index contributed by atoms with van der Waals surface area (Å²) in [5.74, 6) is 0.631. The molecule has 0 spiro atoms. The zero-order chi connectivity index (χ0) is 20.7. The van der Waals surface area contributed by atoms with Gasteiger partial charge in [0.2, 0.25) is 0 Å². The minimum absolute atomic E-state index is 0.0155. The van der Waals surface area contributed by atoms with E-state index in [1.54, 1.807) is 23.7 Å². The van der Waals surface area contributed by atoms with Gasteiger partial charge in [-0.3, -0.25) is 9.36 Å². The lowest BCUT2D eigenvalue weighted by molar-refractivity contribution is 0.319. The lowest BCUT2D eigenvalue weighted by Crippen LogP contribution is -2.20. The minimum atomic E-state index is -0.0155. The predicted octanol–water partition coefficient (Wildman–Crippen LogP) is 4.65. The van der Waals surface area contributed by atoms with Crippen molar-refractivity contribution in [2.75, 3.05) is 6.61 Å². The van der Waals surface area contributed by atoms with Gasteiger partial charge in [0.25, 0.3) is 5.56 Å². The van der Waals surface area contributed by atoms with Crippen LogP contribution in [0.25, 0.3) is 21.8 Å². The summed E-state index contributed by atoms with van der Waals surface area (Å²) in [7, 11) is 1.80. The molecule has 0 fully saturated rings. The van der Waals surface area contributed by atoms with Crippen molar-refractivity contribution in [3.8, 4) is 5.75 Å². The van der Waals surface area contributed by atoms with Crippen LogP contribution in [-0.4, -0.2) is 25.9 Å². The SMILES string of the molecule is CCn1ncc2c3c(CCOc4ccc(Cl)nc4Br)cc(C)cc3c(=O)n(C)c21. The highest BCUT2D eigenvalue weighted by molar-refractivity contribution is 9.10. The molecular weight excluding hydrogens is 456 g/mol. The van der Waals surface area contributed by atoms with E-state index in [1.165, 1.54) is 0 Å². The van der Waals surface area contributed by atoms with Gasteiger partial charge in [0.05, 0.1) is 12.8 Å². The number of fused-ring (bicyclic) bond motifs is 3. The van der Waals surface area contributed by atoms with Crippen LogP contribution in [0.4, 0.5) is 0 Å². The van der Waals surface area contributed by atoms with Crippen LogP contribution in [0.5, 0.6) is 5.75 Å². The van der Waals surface area contributed by atoms with Crippen LogP contribution in [0, 0.1) is 6.92 Å². The van der Waals surface area contributed by atoms with E-state index in [-0.39, 0.29) is 5.56 Å². The summed E-state index contributed by atoms with van der Waals surface area (Å²) in [6.07, 6.45) is 2.49. The Labute approximate surface area is 181 Å². The van der Waals surface area contributed by atoms with Gasteiger partial charge in [0.15, 0.2) is 5.75 Å². The fourth-order valence-corrected chi connectivity index (χ4v) is 4.43. The normalized spacial score (nSPS) is 11.5. The smallest absolute Gasteiger partial charge is 0.259 e. The molecule has 4 rings (SSSR count). The van der Waals surface area contributed by atoms with Crippen molar-refractivity contribution in [3.63, 3.8) is 0 Å². The van der Waals surface area contributed by atoms with Gasteiger partial charge in [0, 0.05) is 36.2 Å². The van der Waals surface area contributed by atoms with E-state index in [0.29, 0.717) is 40.5 Å². The highest BCUT2D eigenvalue weighted by Crippen LogP contribution is 2.29. The van der Waals surface area contributed by atoms with Crippen molar-refractivity contribution in [2.24, 2.45) is 7.05 Å². The van der Waals surface area contributed by atoms with E-state index < -0.39 is 0 Å². The van der Waals surface area contributed by atoms with E-state index >= 15 is 0 Å². The monoisotopic (exact) mass is 474 g/mol. The molecule has 0 aliphatic carbocycles. The van der Waals surface area contributed by atoms with Crippen molar-refractivity contribution in [2.45, 2.75) is 26.8 Å². The van der Waals surface area contributed by atoms with Crippen molar-refractivity contribution in [3.05, 3.63) is 61.7 Å². The maximum atomic E-state index is 13.0. The Morgan fingerprint density at radius 3 is 2.76 bits per heavy atom. The average Bonchev–Trinajstić information content (AvgIpc) is 3.11. The first-order valence-electron chi connectivity index (χ1n) is 9.33. The molecule has 29 heavy (non-hydrogen) atoms. The molecule has 0 bridgehead atoms. The third-order valence-corrected chi connectivity index (χ3v) is 5.79. The Balaban J connectivity index is 1.78. The van der Waals surface area contributed by atoms with E-state index in [2.05, 4.69) is 32.1 Å². The Morgan fingerprint density at radius 2 is 2.03 bits per heavy atom. The molecule has 3 aromatic heterocycles. The van der Waals surface area contributed by atoms with Crippen LogP contribution in [-0.2, 0) is 20.0 Å². The number of benzene rings is 1. The summed E-state index contributed by atoms with van der Waals surface area (Å²) in [5, 5.41) is 7.52. The van der Waals surface area contributed by atoms with E-state index in [0.717, 1.165) is 27.5 Å². The Morgan fingerprint density at radius 1 is 1.24 bits per heavy atom. The molecule has 0 saturated heterocycles. The molecule has 0 amide bonds. The van der Waals surface area contributed by atoms with Gasteiger partial charge >= 0.3 is 0 Å². The molecule has 0 aliphatic rings. The highest BCUT2D eigenvalue weighted by Gasteiger charge is 2.16. The fraction of sp³-hybridized carbons (Fsp3) is 0.286. The van der Waals surface area contributed by atoms with Gasteiger partial charge in [-0.2, -0.15) is 5.10 Å². The molecule has 0 atom stereocenters. The molecule has 8 heteroatoms. The van der Waals surface area contributed by atoms with Gasteiger partial charge in [-0.1, -0.05) is 23.2 Å². The zero-order valence-electron chi connectivity index (χ0n) is 16.4. The zero-order valence-corrected chi connectivity index (χ0v) is 18.7. The molecule has 6 nitrogen and oxygen atoms in total. The predicted molar refractivity (Wildman–Crippen MR) is 119 cm³/mol. The summed E-state index contributed by atoms with van der Waals surface area (Å²) in [6.45, 7) is 5.16. The number of hydrogen-bond acceptors (Lipinski definition) is 4. The van der Waals surface area contributed by atoms with Crippen LogP contribution in [0.15, 0.2) is 39.9 Å². The third-order valence-electron chi connectivity index (χ3n) is 5.01. The third kappa shape index (κ3) is 3.53. The fourth-order valence-electron chi connectivity index (χ4n) is 3.74. The van der Waals surface area contributed by atoms with Crippen LogP contribution in [0.3, 0.4) is 0 Å². The minimum Gasteiger partial charge on any atom is -0.490 e. The van der Waals surface area contributed by atoms with Crippen molar-refractivity contribution >= 4 is 49.3 Å². The summed E-state index contributed by atoms with van der Waals surface area (Å²) in [4.78, 5) is 17.2. The van der Waals surface area contributed by atoms with Crippen molar-refractivity contribution in [1.29, 1.82) is 0 Å². The molecule has 0 saturated carbocycles. The number of nitrogens with zero attached hydrogens (tertiary/aromatic N) is 4. The number of halogens is 2. The van der Waals surface area contributed by atoms with E-state index in [1.807, 2.05) is 30.8 Å². The summed E-state index contributed by atoms with van der Waals surface area (Å²) < 4.78 is 10.0. The van der Waals surface area contributed by atoms with Crippen LogP contribution in [0.1, 0.15) is 18.1 Å². The van der Waals surface area contributed by atoms with E-state index in [9.17, 15) is 4.79 Å².